The molecule has 0 fully saturated rings. The lowest BCUT2D eigenvalue weighted by molar-refractivity contribution is -0.320. The van der Waals surface area contributed by atoms with Crippen molar-refractivity contribution >= 4 is 0 Å². The lowest BCUT2D eigenvalue weighted by Gasteiger charge is -2.22. The Balaban J connectivity index is 4.45. The summed E-state index contributed by atoms with van der Waals surface area (Å²) in [4.78, 5) is 0. The smallest absolute Gasteiger partial charge is 0.361 e. The fourth-order valence-electron chi connectivity index (χ4n) is 0.541. The van der Waals surface area contributed by atoms with Crippen molar-refractivity contribution in [1.29, 1.82) is 0 Å². The standard InChI is InChI=1S/C5H6F6O/c1-2-12-3(4(6,7)8)5(9,10)11/h3H,2H2,1H3. The number of halogens is 6. The van der Waals surface area contributed by atoms with Crippen molar-refractivity contribution in [2.45, 2.75) is 25.4 Å². The Hall–Kier alpha value is -0.460. The van der Waals surface area contributed by atoms with E-state index in [1.807, 2.05) is 0 Å². The fraction of sp³-hybridized carbons (Fsp3) is 1.00. The number of alkyl halides is 6. The maximum absolute atomic E-state index is 11.6. The average molecular weight is 196 g/mol. The van der Waals surface area contributed by atoms with Crippen molar-refractivity contribution in [3.05, 3.63) is 0 Å². The second-order valence-corrected chi connectivity index (χ2v) is 1.92. The SMILES string of the molecule is CCOC(C(F)(F)F)C(F)(F)F. The van der Waals surface area contributed by atoms with Gasteiger partial charge in [0.25, 0.3) is 0 Å². The highest BCUT2D eigenvalue weighted by atomic mass is 19.4. The van der Waals surface area contributed by atoms with Gasteiger partial charge in [-0.05, 0) is 6.92 Å². The molecule has 1 nitrogen and oxygen atoms in total. The van der Waals surface area contributed by atoms with Gasteiger partial charge in [0.2, 0.25) is 6.10 Å². The first-order valence-electron chi connectivity index (χ1n) is 2.94. The Bertz CT molecular complexity index is 122. The summed E-state index contributed by atoms with van der Waals surface area (Å²) in [6.45, 7) is 0.425. The molecule has 0 aliphatic carbocycles. The van der Waals surface area contributed by atoms with E-state index in [1.165, 1.54) is 0 Å². The Labute approximate surface area is 64.3 Å². The van der Waals surface area contributed by atoms with Gasteiger partial charge in [-0.3, -0.25) is 0 Å². The molecule has 0 amide bonds. The molecule has 0 saturated carbocycles. The summed E-state index contributed by atoms with van der Waals surface area (Å²) >= 11 is 0. The lowest BCUT2D eigenvalue weighted by Crippen LogP contribution is -2.44. The van der Waals surface area contributed by atoms with Gasteiger partial charge in [-0.25, -0.2) is 0 Å². The highest BCUT2D eigenvalue weighted by Gasteiger charge is 2.57. The third kappa shape index (κ3) is 3.29. The zero-order valence-corrected chi connectivity index (χ0v) is 5.96. The molecule has 7 heteroatoms. The molecule has 0 N–H and O–H groups in total. The Kier molecular flexibility index (Phi) is 3.37. The van der Waals surface area contributed by atoms with Gasteiger partial charge < -0.3 is 4.74 Å². The van der Waals surface area contributed by atoms with Crippen LogP contribution in [0.3, 0.4) is 0 Å². The number of hydrogen-bond donors (Lipinski definition) is 0. The first-order chi connectivity index (χ1) is 5.19. The van der Waals surface area contributed by atoms with Crippen molar-refractivity contribution in [2.24, 2.45) is 0 Å². The van der Waals surface area contributed by atoms with Gasteiger partial charge in [0, 0.05) is 6.61 Å². The van der Waals surface area contributed by atoms with Gasteiger partial charge in [0.1, 0.15) is 0 Å². The molecule has 0 atom stereocenters. The summed E-state index contributed by atoms with van der Waals surface area (Å²) in [5.41, 5.74) is 0. The minimum absolute atomic E-state index is 0.635. The number of hydrogen-bond acceptors (Lipinski definition) is 1. The van der Waals surface area contributed by atoms with Crippen LogP contribution in [0, 0.1) is 0 Å². The van der Waals surface area contributed by atoms with Gasteiger partial charge in [0.05, 0.1) is 0 Å². The molecule has 0 aromatic heterocycles. The first kappa shape index (κ1) is 11.5. The predicted molar refractivity (Wildman–Crippen MR) is 27.5 cm³/mol. The van der Waals surface area contributed by atoms with Gasteiger partial charge in [-0.2, -0.15) is 26.3 Å². The lowest BCUT2D eigenvalue weighted by atomic mass is 10.3. The quantitative estimate of drug-likeness (QED) is 0.616. The van der Waals surface area contributed by atoms with Crippen LogP contribution in [0.25, 0.3) is 0 Å². The molecule has 0 aromatic rings. The van der Waals surface area contributed by atoms with Crippen LogP contribution in [0.5, 0.6) is 0 Å². The fourth-order valence-corrected chi connectivity index (χ4v) is 0.541. The maximum atomic E-state index is 11.6. The van der Waals surface area contributed by atoms with Crippen LogP contribution in [0.4, 0.5) is 26.3 Å². The molecule has 0 unspecified atom stereocenters. The van der Waals surface area contributed by atoms with Crippen LogP contribution in [0.2, 0.25) is 0 Å². The van der Waals surface area contributed by atoms with Crippen LogP contribution in [0.1, 0.15) is 6.92 Å². The van der Waals surface area contributed by atoms with Crippen molar-refractivity contribution in [3.63, 3.8) is 0 Å². The second-order valence-electron chi connectivity index (χ2n) is 1.92. The van der Waals surface area contributed by atoms with Crippen LogP contribution < -0.4 is 0 Å². The molecule has 0 saturated heterocycles. The molecule has 0 bridgehead atoms. The third-order valence-electron chi connectivity index (χ3n) is 0.928. The van der Waals surface area contributed by atoms with Crippen molar-refractivity contribution in [3.8, 4) is 0 Å². The second kappa shape index (κ2) is 3.51. The van der Waals surface area contributed by atoms with E-state index in [0.717, 1.165) is 6.92 Å². The summed E-state index contributed by atoms with van der Waals surface area (Å²) in [6.07, 6.45) is -14.5. The molecular formula is C5H6F6O. The van der Waals surface area contributed by atoms with E-state index >= 15 is 0 Å². The molecular weight excluding hydrogens is 190 g/mol. The number of rotatable bonds is 2. The van der Waals surface area contributed by atoms with E-state index in [0.29, 0.717) is 0 Å². The number of ether oxygens (including phenoxy) is 1. The molecule has 0 radical (unpaired) electrons. The molecule has 12 heavy (non-hydrogen) atoms. The van der Waals surface area contributed by atoms with E-state index in [1.54, 1.807) is 0 Å². The normalized spacial score (nSPS) is 14.0. The highest BCUT2D eigenvalue weighted by molar-refractivity contribution is 4.75. The van der Waals surface area contributed by atoms with Gasteiger partial charge >= 0.3 is 12.4 Å². The van der Waals surface area contributed by atoms with Crippen molar-refractivity contribution in [1.82, 2.24) is 0 Å². The van der Waals surface area contributed by atoms with Gasteiger partial charge in [0.15, 0.2) is 0 Å². The predicted octanol–water partition coefficient (Wildman–Crippen LogP) is 2.52. The molecule has 0 spiro atoms. The average Bonchev–Trinajstić information content (AvgIpc) is 1.77. The van der Waals surface area contributed by atoms with E-state index in [2.05, 4.69) is 4.74 Å². The van der Waals surface area contributed by atoms with Crippen LogP contribution >= 0.6 is 0 Å². The van der Waals surface area contributed by atoms with E-state index in [-0.39, 0.29) is 0 Å². The zero-order chi connectivity index (χ0) is 9.99. The van der Waals surface area contributed by atoms with Gasteiger partial charge in [-0.15, -0.1) is 0 Å². The van der Waals surface area contributed by atoms with Crippen LogP contribution in [-0.4, -0.2) is 25.1 Å². The van der Waals surface area contributed by atoms with Gasteiger partial charge in [-0.1, -0.05) is 0 Å². The Morgan fingerprint density at radius 3 is 1.42 bits per heavy atom. The Morgan fingerprint density at radius 1 is 1.00 bits per heavy atom. The third-order valence-corrected chi connectivity index (χ3v) is 0.928. The van der Waals surface area contributed by atoms with Crippen molar-refractivity contribution in [2.75, 3.05) is 6.61 Å². The topological polar surface area (TPSA) is 9.23 Å². The van der Waals surface area contributed by atoms with E-state index in [9.17, 15) is 26.3 Å². The minimum Gasteiger partial charge on any atom is -0.361 e. The zero-order valence-electron chi connectivity index (χ0n) is 5.96. The molecule has 0 aromatic carbocycles. The Morgan fingerprint density at radius 2 is 1.33 bits per heavy atom. The molecule has 0 aliphatic heterocycles. The summed E-state index contributed by atoms with van der Waals surface area (Å²) in [6, 6.07) is 0. The molecule has 0 aliphatic rings. The summed E-state index contributed by atoms with van der Waals surface area (Å²) in [5, 5.41) is 0. The van der Waals surface area contributed by atoms with Crippen molar-refractivity contribution < 1.29 is 31.1 Å². The summed E-state index contributed by atoms with van der Waals surface area (Å²) < 4.78 is 72.9. The summed E-state index contributed by atoms with van der Waals surface area (Å²) in [5.74, 6) is 0. The van der Waals surface area contributed by atoms with Crippen LogP contribution in [-0.2, 0) is 4.74 Å². The molecule has 0 heterocycles. The largest absolute Gasteiger partial charge is 0.423 e. The maximum Gasteiger partial charge on any atom is 0.423 e. The summed E-state index contributed by atoms with van der Waals surface area (Å²) in [7, 11) is 0. The van der Waals surface area contributed by atoms with Crippen LogP contribution in [0.15, 0.2) is 0 Å². The van der Waals surface area contributed by atoms with E-state index < -0.39 is 25.1 Å². The molecule has 0 rings (SSSR count). The highest BCUT2D eigenvalue weighted by Crippen LogP contribution is 2.35. The first-order valence-corrected chi connectivity index (χ1v) is 2.94. The minimum atomic E-state index is -5.39. The molecule has 74 valence electrons. The van der Waals surface area contributed by atoms with E-state index in [4.69, 9.17) is 0 Å². The monoisotopic (exact) mass is 196 g/mol.